The van der Waals surface area contributed by atoms with Gasteiger partial charge in [-0.15, -0.1) is 0 Å². The van der Waals surface area contributed by atoms with Gasteiger partial charge in [-0.2, -0.15) is 0 Å². The average Bonchev–Trinajstić information content (AvgIpc) is 3.23. The molecule has 0 N–H and O–H groups in total. The van der Waals surface area contributed by atoms with Crippen molar-refractivity contribution in [3.8, 4) is 17.2 Å². The smallest absolute Gasteiger partial charge is 0.178 e. The van der Waals surface area contributed by atoms with Gasteiger partial charge >= 0.3 is 0 Å². The van der Waals surface area contributed by atoms with Crippen molar-refractivity contribution in [3.05, 3.63) is 214 Å². The molecule has 0 aromatic heterocycles. The molecule has 7 aromatic carbocycles. The minimum absolute atomic E-state index is 0.337. The van der Waals surface area contributed by atoms with Gasteiger partial charge in [-0.05, 0) is 70.5 Å². The topological polar surface area (TPSA) is 36.9 Å². The fourth-order valence-electron chi connectivity index (χ4n) is 7.63. The van der Waals surface area contributed by atoms with Crippen LogP contribution in [-0.2, 0) is 22.5 Å². The molecule has 0 bridgehead atoms. The van der Waals surface area contributed by atoms with Gasteiger partial charge in [0.05, 0.1) is 20.8 Å². The Balaban J connectivity index is 1.32. The molecule has 0 radical (unpaired) electrons. The second-order valence-electron chi connectivity index (χ2n) is 13.1. The monoisotopic (exact) mass is 680 g/mol. The molecule has 0 aliphatic carbocycles. The normalized spacial score (nSPS) is 13.3. The number of benzene rings is 7. The Hall–Kier alpha value is -6.10. The van der Waals surface area contributed by atoms with Crippen LogP contribution in [0.25, 0.3) is 16.8 Å². The van der Waals surface area contributed by atoms with E-state index in [2.05, 4.69) is 140 Å². The third-order valence-electron chi connectivity index (χ3n) is 10.4. The molecule has 7 aromatic rings. The summed E-state index contributed by atoms with van der Waals surface area (Å²) >= 11 is 0. The van der Waals surface area contributed by atoms with Crippen molar-refractivity contribution in [2.75, 3.05) is 14.2 Å². The Morgan fingerprint density at radius 2 is 0.981 bits per heavy atom. The Bertz CT molecular complexity index is 2190. The van der Waals surface area contributed by atoms with Crippen LogP contribution in [-0.4, -0.2) is 14.2 Å². The van der Waals surface area contributed by atoms with Crippen molar-refractivity contribution in [1.82, 2.24) is 0 Å². The molecule has 1 aliphatic heterocycles. The predicted molar refractivity (Wildman–Crippen MR) is 209 cm³/mol. The van der Waals surface area contributed by atoms with Gasteiger partial charge in [0.2, 0.25) is 0 Å². The van der Waals surface area contributed by atoms with Crippen LogP contribution in [0.2, 0.25) is 0 Å². The molecule has 0 fully saturated rings. The first-order chi connectivity index (χ1) is 25.6. The molecule has 0 unspecified atom stereocenters. The van der Waals surface area contributed by atoms with Crippen LogP contribution in [0.4, 0.5) is 0 Å². The van der Waals surface area contributed by atoms with Crippen LogP contribution in [0, 0.1) is 6.92 Å². The number of methoxy groups -OCH3 is 2. The van der Waals surface area contributed by atoms with E-state index >= 15 is 0 Å². The third-order valence-corrected chi connectivity index (χ3v) is 10.4. The molecule has 256 valence electrons. The van der Waals surface area contributed by atoms with Crippen LogP contribution in [0.3, 0.4) is 0 Å². The summed E-state index contributed by atoms with van der Waals surface area (Å²) in [5.41, 5.74) is 6.61. The van der Waals surface area contributed by atoms with E-state index in [0.29, 0.717) is 6.61 Å². The lowest BCUT2D eigenvalue weighted by Gasteiger charge is -2.39. The highest BCUT2D eigenvalue weighted by Gasteiger charge is 2.41. The van der Waals surface area contributed by atoms with Crippen molar-refractivity contribution < 1.29 is 18.9 Å². The highest BCUT2D eigenvalue weighted by Crippen LogP contribution is 2.49. The zero-order chi connectivity index (χ0) is 35.5. The number of aryl methyl sites for hydroxylation is 1. The Morgan fingerprint density at radius 3 is 1.44 bits per heavy atom. The number of ether oxygens (including phenoxy) is 4. The summed E-state index contributed by atoms with van der Waals surface area (Å²) in [4.78, 5) is 0. The summed E-state index contributed by atoms with van der Waals surface area (Å²) < 4.78 is 25.9. The van der Waals surface area contributed by atoms with Gasteiger partial charge in [-0.1, -0.05) is 146 Å². The van der Waals surface area contributed by atoms with Gasteiger partial charge in [-0.3, -0.25) is 0 Å². The fourth-order valence-corrected chi connectivity index (χ4v) is 7.63. The average molecular weight is 681 g/mol. The Kier molecular flexibility index (Phi) is 8.84. The van der Waals surface area contributed by atoms with E-state index in [1.165, 1.54) is 0 Å². The molecule has 1 heterocycles. The van der Waals surface area contributed by atoms with E-state index in [9.17, 15) is 0 Å². The van der Waals surface area contributed by atoms with Gasteiger partial charge in [0.1, 0.15) is 22.8 Å². The Labute approximate surface area is 305 Å². The maximum absolute atomic E-state index is 7.42. The summed E-state index contributed by atoms with van der Waals surface area (Å²) in [6.07, 6.45) is 4.40. The first kappa shape index (κ1) is 33.1. The lowest BCUT2D eigenvalue weighted by atomic mass is 9.79. The first-order valence-electron chi connectivity index (χ1n) is 17.6. The summed E-state index contributed by atoms with van der Waals surface area (Å²) in [6, 6.07) is 56.3. The number of rotatable bonds is 10. The maximum Gasteiger partial charge on any atom is 0.178 e. The second kappa shape index (κ2) is 13.9. The number of hydrogen-bond acceptors (Lipinski definition) is 4. The van der Waals surface area contributed by atoms with E-state index < -0.39 is 11.2 Å². The molecule has 0 saturated heterocycles. The molecular weight excluding hydrogens is 641 g/mol. The van der Waals surface area contributed by atoms with E-state index in [0.717, 1.165) is 72.5 Å². The van der Waals surface area contributed by atoms with Crippen molar-refractivity contribution in [3.63, 3.8) is 0 Å². The van der Waals surface area contributed by atoms with E-state index in [4.69, 9.17) is 18.9 Å². The molecule has 0 amide bonds. The van der Waals surface area contributed by atoms with Crippen LogP contribution < -0.4 is 14.2 Å². The van der Waals surface area contributed by atoms with E-state index in [1.54, 1.807) is 14.2 Å². The lowest BCUT2D eigenvalue weighted by Crippen LogP contribution is -2.35. The van der Waals surface area contributed by atoms with Crippen molar-refractivity contribution in [2.45, 2.75) is 24.7 Å². The van der Waals surface area contributed by atoms with E-state index in [1.807, 2.05) is 42.5 Å². The molecule has 0 saturated carbocycles. The van der Waals surface area contributed by atoms with Gasteiger partial charge in [0, 0.05) is 22.1 Å². The van der Waals surface area contributed by atoms with Crippen LogP contribution in [0.1, 0.15) is 44.5 Å². The molecule has 1 aliphatic rings. The van der Waals surface area contributed by atoms with Gasteiger partial charge in [-0.25, -0.2) is 0 Å². The van der Waals surface area contributed by atoms with Crippen molar-refractivity contribution in [2.24, 2.45) is 0 Å². The largest absolute Gasteiger partial charge is 0.497 e. The van der Waals surface area contributed by atoms with Crippen LogP contribution in [0.15, 0.2) is 170 Å². The first-order valence-corrected chi connectivity index (χ1v) is 17.6. The lowest BCUT2D eigenvalue weighted by molar-refractivity contribution is -0.000199. The molecule has 0 spiro atoms. The molecule has 8 rings (SSSR count). The molecule has 0 atom stereocenters. The van der Waals surface area contributed by atoms with Gasteiger partial charge < -0.3 is 18.9 Å². The summed E-state index contributed by atoms with van der Waals surface area (Å²) in [7, 11) is 3.36. The van der Waals surface area contributed by atoms with Gasteiger partial charge in [0.25, 0.3) is 0 Å². The minimum atomic E-state index is -0.913. The highest BCUT2D eigenvalue weighted by atomic mass is 16.5. The predicted octanol–water partition coefficient (Wildman–Crippen LogP) is 11.0. The quantitative estimate of drug-likeness (QED) is 0.135. The molecular formula is C48H40O4. The van der Waals surface area contributed by atoms with Crippen molar-refractivity contribution in [1.29, 1.82) is 0 Å². The number of fused-ring (bicyclic) bond motifs is 3. The maximum atomic E-state index is 7.42. The Morgan fingerprint density at radius 1 is 0.538 bits per heavy atom. The van der Waals surface area contributed by atoms with Crippen molar-refractivity contribution >= 4 is 16.8 Å². The summed E-state index contributed by atoms with van der Waals surface area (Å²) in [5.74, 6) is 2.39. The van der Waals surface area contributed by atoms with Gasteiger partial charge in [0.15, 0.2) is 5.60 Å². The minimum Gasteiger partial charge on any atom is -0.497 e. The highest BCUT2D eigenvalue weighted by molar-refractivity contribution is 5.96. The molecule has 4 heteroatoms. The zero-order valence-corrected chi connectivity index (χ0v) is 29.6. The SMILES string of the molecule is COc1ccc(C2(c3ccc(OC)cc3)C=Cc3c(COC(c4ccccc4)(c4ccccc4)c4ccccc4)c(C)c4ccccc4c3O2)cc1. The van der Waals surface area contributed by atoms with Crippen LogP contribution >= 0.6 is 0 Å². The standard InChI is InChI=1S/C48H40O4/c1-34-42-21-13-14-22-43(42)46-44(31-32-47(52-46,35-23-27-40(49-2)28-24-35)36-25-29-41(50-3)30-26-36)45(34)33-51-48(37-15-7-4-8-16-37,38-17-9-5-10-18-38)39-19-11-6-12-20-39/h4-32H,33H2,1-3H3. The fraction of sp³-hybridized carbons (Fsp3) is 0.125. The third kappa shape index (κ3) is 5.62. The molecule has 52 heavy (non-hydrogen) atoms. The van der Waals surface area contributed by atoms with E-state index in [-0.39, 0.29) is 0 Å². The number of hydrogen-bond donors (Lipinski definition) is 0. The summed E-state index contributed by atoms with van der Waals surface area (Å²) in [5, 5.41) is 2.17. The molecule has 4 nitrogen and oxygen atoms in total. The second-order valence-corrected chi connectivity index (χ2v) is 13.1. The summed E-state index contributed by atoms with van der Waals surface area (Å²) in [6.45, 7) is 2.53. The zero-order valence-electron chi connectivity index (χ0n) is 29.6. The van der Waals surface area contributed by atoms with Crippen LogP contribution in [0.5, 0.6) is 17.2 Å².